The van der Waals surface area contributed by atoms with Gasteiger partial charge in [0.05, 0.1) is 29.2 Å². The van der Waals surface area contributed by atoms with Gasteiger partial charge in [0.2, 0.25) is 11.8 Å². The van der Waals surface area contributed by atoms with Crippen molar-refractivity contribution >= 4 is 46.8 Å². The third-order valence-corrected chi connectivity index (χ3v) is 10.6. The molecule has 0 aromatic heterocycles. The maximum Gasteiger partial charge on any atom is 0.251 e. The Hall–Kier alpha value is -3.07. The van der Waals surface area contributed by atoms with Gasteiger partial charge in [-0.1, -0.05) is 66.2 Å². The summed E-state index contributed by atoms with van der Waals surface area (Å²) in [4.78, 5) is 47.9. The van der Waals surface area contributed by atoms with Crippen molar-refractivity contribution in [3.05, 3.63) is 89.5 Å². The van der Waals surface area contributed by atoms with Gasteiger partial charge in [-0.3, -0.25) is 14.4 Å². The Bertz CT molecular complexity index is 1380. The number of anilines is 1. The third kappa shape index (κ3) is 3.87. The maximum atomic E-state index is 14.6. The van der Waals surface area contributed by atoms with Crippen LogP contribution < -0.4 is 4.90 Å². The van der Waals surface area contributed by atoms with E-state index in [9.17, 15) is 19.5 Å². The summed E-state index contributed by atoms with van der Waals surface area (Å²) in [5.74, 6) is -2.05. The third-order valence-electron chi connectivity index (χ3n) is 8.53. The smallest absolute Gasteiger partial charge is 0.251 e. The molecule has 0 radical (unpaired) electrons. The lowest BCUT2D eigenvalue weighted by Gasteiger charge is -2.39. The van der Waals surface area contributed by atoms with Crippen LogP contribution >= 0.6 is 23.4 Å². The monoisotopic (exact) mass is 563 g/mol. The number of benzene rings is 2. The molecule has 2 saturated heterocycles. The summed E-state index contributed by atoms with van der Waals surface area (Å²) < 4.78 is -1.66. The molecule has 202 valence electrons. The van der Waals surface area contributed by atoms with Gasteiger partial charge in [0, 0.05) is 35.6 Å². The fraction of sp³-hybridized carbons (Fsp3) is 0.367. The second-order valence-corrected chi connectivity index (χ2v) is 13.0. The van der Waals surface area contributed by atoms with Gasteiger partial charge < -0.3 is 19.8 Å². The predicted octanol–water partition coefficient (Wildman–Crippen LogP) is 3.69. The topological polar surface area (TPSA) is 81.2 Å². The second kappa shape index (κ2) is 9.54. The summed E-state index contributed by atoms with van der Waals surface area (Å²) in [6.07, 6.45) is 7.93. The molecule has 0 bridgehead atoms. The minimum Gasteiger partial charge on any atom is -0.394 e. The molecule has 6 rings (SSSR count). The molecule has 0 aliphatic carbocycles. The van der Waals surface area contributed by atoms with E-state index in [0.717, 1.165) is 5.56 Å². The largest absolute Gasteiger partial charge is 0.394 e. The van der Waals surface area contributed by atoms with E-state index in [0.29, 0.717) is 23.8 Å². The number of thioether (sulfide) groups is 1. The first-order chi connectivity index (χ1) is 18.7. The number of likely N-dealkylation sites (N-methyl/N-ethyl adjacent to an activating group) is 1. The van der Waals surface area contributed by atoms with Crippen LogP contribution in [0.15, 0.2) is 78.9 Å². The van der Waals surface area contributed by atoms with E-state index >= 15 is 0 Å². The number of rotatable bonds is 4. The zero-order valence-electron chi connectivity index (χ0n) is 21.7. The number of carbonyl (C=O) groups excluding carboxylic acids is 3. The molecule has 2 aromatic rings. The van der Waals surface area contributed by atoms with Crippen molar-refractivity contribution in [2.24, 2.45) is 11.8 Å². The zero-order valence-corrected chi connectivity index (χ0v) is 23.3. The molecule has 2 aromatic carbocycles. The first kappa shape index (κ1) is 26.2. The van der Waals surface area contributed by atoms with Gasteiger partial charge in [0.15, 0.2) is 0 Å². The van der Waals surface area contributed by atoms with Crippen molar-refractivity contribution < 1.29 is 19.5 Å². The summed E-state index contributed by atoms with van der Waals surface area (Å²) in [6.45, 7) is 2.43. The van der Waals surface area contributed by atoms with E-state index in [-0.39, 0.29) is 24.3 Å². The quantitative estimate of drug-likeness (QED) is 0.574. The molecule has 7 nitrogen and oxygen atoms in total. The first-order valence-electron chi connectivity index (χ1n) is 13.1. The van der Waals surface area contributed by atoms with Gasteiger partial charge >= 0.3 is 0 Å². The van der Waals surface area contributed by atoms with Crippen LogP contribution in [0, 0.1) is 11.8 Å². The Morgan fingerprint density at radius 2 is 1.64 bits per heavy atom. The van der Waals surface area contributed by atoms with Gasteiger partial charge in [0.1, 0.15) is 6.04 Å². The van der Waals surface area contributed by atoms with E-state index in [1.54, 1.807) is 46.0 Å². The molecular weight excluding hydrogens is 534 g/mol. The number of aliphatic hydroxyl groups excluding tert-OH is 1. The van der Waals surface area contributed by atoms with Crippen LogP contribution in [0.25, 0.3) is 0 Å². The fourth-order valence-corrected chi connectivity index (χ4v) is 9.07. The summed E-state index contributed by atoms with van der Waals surface area (Å²) in [5, 5.41) is 11.2. The summed E-state index contributed by atoms with van der Waals surface area (Å²) in [5.41, 5.74) is 1.40. The number of carbonyl (C=O) groups is 3. The molecule has 39 heavy (non-hydrogen) atoms. The summed E-state index contributed by atoms with van der Waals surface area (Å²) in [7, 11) is 1.75. The van der Waals surface area contributed by atoms with Gasteiger partial charge in [-0.15, -0.1) is 11.8 Å². The van der Waals surface area contributed by atoms with Crippen molar-refractivity contribution in [2.45, 2.75) is 28.5 Å². The molecule has 9 heteroatoms. The molecule has 6 atom stereocenters. The summed E-state index contributed by atoms with van der Waals surface area (Å²) in [6, 6.07) is 14.7. The number of likely N-dealkylation sites (tertiary alicyclic amines) is 1. The Morgan fingerprint density at radius 3 is 2.33 bits per heavy atom. The normalized spacial score (nSPS) is 32.6. The molecule has 4 aliphatic rings. The Labute approximate surface area is 237 Å². The molecule has 4 heterocycles. The lowest BCUT2D eigenvalue weighted by molar-refractivity contribution is -0.145. The SMILES string of the molecule is CN1CC=C[C@@]2(C)S[C@]34C=CCN(c5ccc(Cl)cc5)C(=O)C3N([C@H](CO)c3ccccc3)C(=O)[C@@H]4[C@H]2C1=O. The van der Waals surface area contributed by atoms with Crippen LogP contribution in [-0.2, 0) is 14.4 Å². The molecule has 2 fully saturated rings. The van der Waals surface area contributed by atoms with E-state index < -0.39 is 33.4 Å². The number of nitrogens with zero attached hydrogens (tertiary/aromatic N) is 3. The van der Waals surface area contributed by atoms with Crippen LogP contribution in [0.2, 0.25) is 5.02 Å². The predicted molar refractivity (Wildman–Crippen MR) is 152 cm³/mol. The lowest BCUT2D eigenvalue weighted by atomic mass is 9.74. The first-order valence-corrected chi connectivity index (χ1v) is 14.3. The minimum absolute atomic E-state index is 0.106. The highest BCUT2D eigenvalue weighted by Gasteiger charge is 2.74. The average molecular weight is 564 g/mol. The minimum atomic E-state index is -0.991. The molecule has 0 saturated carbocycles. The molecule has 3 amide bonds. The number of fused-ring (bicyclic) bond motifs is 2. The molecule has 4 aliphatic heterocycles. The van der Waals surface area contributed by atoms with Crippen molar-refractivity contribution in [2.75, 3.05) is 31.6 Å². The van der Waals surface area contributed by atoms with Crippen molar-refractivity contribution in [3.63, 3.8) is 0 Å². The van der Waals surface area contributed by atoms with Crippen molar-refractivity contribution in [3.8, 4) is 0 Å². The van der Waals surface area contributed by atoms with E-state index in [1.165, 1.54) is 11.8 Å². The molecule has 1 spiro atoms. The number of amides is 3. The van der Waals surface area contributed by atoms with Crippen molar-refractivity contribution in [1.29, 1.82) is 0 Å². The number of halogens is 1. The standard InChI is InChI=1S/C30H30ClN3O4S/c1-29-14-6-16-32(2)26(36)23(29)24-27(37)34(22(18-35)19-8-4-3-5-9-19)25-28(38)33(17-7-15-30(24,25)39-29)21-12-10-20(31)11-13-21/h3-15,22-25,35H,16-18H2,1-2H3/t22-,23+,24+,25?,29-,30+/m1/s1. The molecule has 1 unspecified atom stereocenters. The fourth-order valence-electron chi connectivity index (χ4n) is 6.80. The lowest BCUT2D eigenvalue weighted by Crippen LogP contribution is -2.54. The van der Waals surface area contributed by atoms with Gasteiger partial charge in [-0.2, -0.15) is 0 Å². The maximum absolute atomic E-state index is 14.6. The Kier molecular flexibility index (Phi) is 6.40. The van der Waals surface area contributed by atoms with Crippen molar-refractivity contribution in [1.82, 2.24) is 9.80 Å². The molecular formula is C30H30ClN3O4S. The Balaban J connectivity index is 1.54. The van der Waals surface area contributed by atoms with Gasteiger partial charge in [-0.25, -0.2) is 0 Å². The van der Waals surface area contributed by atoms with E-state index in [4.69, 9.17) is 11.6 Å². The zero-order chi connectivity index (χ0) is 27.5. The summed E-state index contributed by atoms with van der Waals surface area (Å²) >= 11 is 7.66. The van der Waals surface area contributed by atoms with Crippen LogP contribution in [0.1, 0.15) is 18.5 Å². The van der Waals surface area contributed by atoms with Gasteiger partial charge in [-0.05, 0) is 36.8 Å². The highest BCUT2D eigenvalue weighted by molar-refractivity contribution is 8.02. The Morgan fingerprint density at radius 1 is 0.949 bits per heavy atom. The van der Waals surface area contributed by atoms with Gasteiger partial charge in [0.25, 0.3) is 5.91 Å². The number of hydrogen-bond donors (Lipinski definition) is 1. The second-order valence-electron chi connectivity index (χ2n) is 10.8. The van der Waals surface area contributed by atoms with Crippen LogP contribution in [-0.4, -0.2) is 74.9 Å². The van der Waals surface area contributed by atoms with E-state index in [2.05, 4.69) is 0 Å². The van der Waals surface area contributed by atoms with Crippen LogP contribution in [0.5, 0.6) is 0 Å². The number of hydrogen-bond acceptors (Lipinski definition) is 5. The highest BCUT2D eigenvalue weighted by Crippen LogP contribution is 2.66. The van der Waals surface area contributed by atoms with Crippen LogP contribution in [0.4, 0.5) is 5.69 Å². The van der Waals surface area contributed by atoms with Crippen LogP contribution in [0.3, 0.4) is 0 Å². The number of aliphatic hydroxyl groups is 1. The highest BCUT2D eigenvalue weighted by atomic mass is 35.5. The molecule has 1 N–H and O–H groups in total. The van der Waals surface area contributed by atoms with E-state index in [1.807, 2.05) is 61.6 Å². The average Bonchev–Trinajstić information content (AvgIpc) is 3.20.